The summed E-state index contributed by atoms with van der Waals surface area (Å²) in [5.41, 5.74) is 5.23. The second-order valence-electron chi connectivity index (χ2n) is 7.54. The van der Waals surface area contributed by atoms with E-state index >= 15 is 0 Å². The Morgan fingerprint density at radius 1 is 0.786 bits per heavy atom. The van der Waals surface area contributed by atoms with Gasteiger partial charge in [-0.3, -0.25) is 19.3 Å². The maximum Gasteiger partial charge on any atom is 0.317 e. The molecule has 6 N–H and O–H groups in total. The zero-order valence-corrected chi connectivity index (χ0v) is 16.0. The maximum absolute atomic E-state index is 11.3. The van der Waals surface area contributed by atoms with Gasteiger partial charge in [0.2, 0.25) is 0 Å². The van der Waals surface area contributed by atoms with Gasteiger partial charge in [0.05, 0.1) is 6.54 Å². The van der Waals surface area contributed by atoms with E-state index in [2.05, 4.69) is 5.32 Å². The number of carboxylic acids is 3. The fourth-order valence-electron chi connectivity index (χ4n) is 3.75. The van der Waals surface area contributed by atoms with Crippen molar-refractivity contribution < 1.29 is 34.5 Å². The van der Waals surface area contributed by atoms with Crippen molar-refractivity contribution >= 4 is 23.9 Å². The van der Waals surface area contributed by atoms with Gasteiger partial charge in [-0.15, -0.1) is 0 Å². The molecule has 10 heteroatoms. The van der Waals surface area contributed by atoms with Crippen molar-refractivity contribution in [1.29, 1.82) is 0 Å². The normalized spacial score (nSPS) is 25.1. The van der Waals surface area contributed by atoms with E-state index in [0.29, 0.717) is 51.6 Å². The van der Waals surface area contributed by atoms with Gasteiger partial charge in [0.25, 0.3) is 0 Å². The second kappa shape index (κ2) is 12.2. The van der Waals surface area contributed by atoms with Crippen LogP contribution in [-0.4, -0.2) is 69.8 Å². The summed E-state index contributed by atoms with van der Waals surface area (Å²) >= 11 is 0. The summed E-state index contributed by atoms with van der Waals surface area (Å²) in [4.78, 5) is 46.4. The number of amides is 2. The van der Waals surface area contributed by atoms with E-state index in [1.165, 1.54) is 0 Å². The van der Waals surface area contributed by atoms with Crippen LogP contribution in [0.15, 0.2) is 0 Å². The zero-order valence-electron chi connectivity index (χ0n) is 16.0. The smallest absolute Gasteiger partial charge is 0.317 e. The van der Waals surface area contributed by atoms with Gasteiger partial charge in [-0.1, -0.05) is 0 Å². The molecule has 0 aliphatic carbocycles. The lowest BCUT2D eigenvalue weighted by Crippen LogP contribution is -2.42. The van der Waals surface area contributed by atoms with Gasteiger partial charge in [0.15, 0.2) is 0 Å². The van der Waals surface area contributed by atoms with Crippen molar-refractivity contribution in [3.63, 3.8) is 0 Å². The number of primary amides is 1. The number of nitrogens with two attached hydrogens (primary N) is 1. The highest BCUT2D eigenvalue weighted by molar-refractivity contribution is 5.72. The Balaban J connectivity index is 2.90. The van der Waals surface area contributed by atoms with E-state index in [-0.39, 0.29) is 37.3 Å². The third-order valence-electron chi connectivity index (χ3n) is 5.19. The van der Waals surface area contributed by atoms with E-state index in [9.17, 15) is 19.2 Å². The lowest BCUT2D eigenvalue weighted by atomic mass is 9.86. The Morgan fingerprint density at radius 3 is 1.79 bits per heavy atom. The molecule has 0 radical (unpaired) electrons. The average Bonchev–Trinajstić information content (AvgIpc) is 2.55. The molecule has 1 fully saturated rings. The highest BCUT2D eigenvalue weighted by Gasteiger charge is 2.23. The average molecular weight is 401 g/mol. The van der Waals surface area contributed by atoms with Crippen molar-refractivity contribution in [2.75, 3.05) is 19.6 Å². The minimum atomic E-state index is -0.970. The van der Waals surface area contributed by atoms with Gasteiger partial charge in [-0.2, -0.15) is 0 Å². The molecular formula is C18H31N3O7. The highest BCUT2D eigenvalue weighted by atomic mass is 16.4. The lowest BCUT2D eigenvalue weighted by molar-refractivity contribution is -0.140. The first-order valence-electron chi connectivity index (χ1n) is 9.59. The van der Waals surface area contributed by atoms with Crippen LogP contribution in [0.1, 0.15) is 51.4 Å². The van der Waals surface area contributed by atoms with Gasteiger partial charge >= 0.3 is 23.9 Å². The molecule has 1 aliphatic heterocycles. The molecule has 10 nitrogen and oxygen atoms in total. The number of carboxylic acid groups (broad SMARTS) is 3. The number of hydrogen-bond donors (Lipinski definition) is 5. The summed E-state index contributed by atoms with van der Waals surface area (Å²) in [6, 6.07) is -0.933. The Morgan fingerprint density at radius 2 is 1.29 bits per heavy atom. The van der Waals surface area contributed by atoms with E-state index in [1.807, 2.05) is 0 Å². The van der Waals surface area contributed by atoms with Crippen molar-refractivity contribution in [2.24, 2.45) is 17.6 Å². The number of aliphatic carboxylic acids is 3. The molecule has 0 aromatic rings. The Bertz CT molecular complexity index is 443. The summed E-state index contributed by atoms with van der Waals surface area (Å²) in [6.45, 7) is 0.683. The van der Waals surface area contributed by atoms with Crippen molar-refractivity contribution in [3.05, 3.63) is 0 Å². The Labute approximate surface area is 164 Å². The van der Waals surface area contributed by atoms with E-state index in [4.69, 9.17) is 21.1 Å². The Kier molecular flexibility index (Phi) is 10.3. The number of rotatable bonds is 7. The molecule has 1 saturated heterocycles. The number of hydrogen-bond acceptors (Lipinski definition) is 5. The molecule has 28 heavy (non-hydrogen) atoms. The standard InChI is InChI=1S/C18H31N3O7/c19-18(28)20-14-4-3-12(9-15(22)23)1-2-13(10-16(24)25)5-7-21(8-6-14)11-17(26)27/h12-14H,1-11H2,(H,22,23)(H,24,25)(H,26,27)(H3,19,20,28). The SMILES string of the molecule is NC(=O)NC1CCC(CC(=O)O)CCC(CC(=O)O)CCN(CC(=O)O)CC1. The molecule has 1 aliphatic rings. The predicted octanol–water partition coefficient (Wildman–Crippen LogP) is 0.946. The number of nitrogens with one attached hydrogen (secondary N) is 1. The number of nitrogens with zero attached hydrogens (tertiary/aromatic N) is 1. The fourth-order valence-corrected chi connectivity index (χ4v) is 3.75. The molecule has 2 amide bonds. The lowest BCUT2D eigenvalue weighted by Gasteiger charge is -2.28. The minimum Gasteiger partial charge on any atom is -0.481 e. The predicted molar refractivity (Wildman–Crippen MR) is 99.8 cm³/mol. The third kappa shape index (κ3) is 10.7. The number of carbonyl (C=O) groups excluding carboxylic acids is 1. The molecule has 3 atom stereocenters. The summed E-state index contributed by atoms with van der Waals surface area (Å²) in [6.07, 6.45) is 3.22. The number of carbonyl (C=O) groups is 4. The molecule has 1 rings (SSSR count). The van der Waals surface area contributed by atoms with Crippen LogP contribution < -0.4 is 11.1 Å². The molecule has 0 spiro atoms. The molecule has 3 unspecified atom stereocenters. The molecule has 0 aromatic carbocycles. The quantitative estimate of drug-likeness (QED) is 0.419. The van der Waals surface area contributed by atoms with Crippen LogP contribution in [0.2, 0.25) is 0 Å². The number of urea groups is 1. The molecular weight excluding hydrogens is 370 g/mol. The maximum atomic E-state index is 11.3. The van der Waals surface area contributed by atoms with Crippen LogP contribution in [0.4, 0.5) is 4.79 Å². The summed E-state index contributed by atoms with van der Waals surface area (Å²) < 4.78 is 0. The van der Waals surface area contributed by atoms with Crippen molar-refractivity contribution in [3.8, 4) is 0 Å². The van der Waals surface area contributed by atoms with Crippen LogP contribution in [0.5, 0.6) is 0 Å². The van der Waals surface area contributed by atoms with Crippen molar-refractivity contribution in [1.82, 2.24) is 10.2 Å². The monoisotopic (exact) mass is 401 g/mol. The summed E-state index contributed by atoms with van der Waals surface area (Å²) in [5.74, 6) is -3.03. The highest BCUT2D eigenvalue weighted by Crippen LogP contribution is 2.26. The van der Waals surface area contributed by atoms with Gasteiger partial charge in [-0.05, 0) is 56.9 Å². The third-order valence-corrected chi connectivity index (χ3v) is 5.19. The first-order valence-corrected chi connectivity index (χ1v) is 9.59. The van der Waals surface area contributed by atoms with Gasteiger partial charge in [0, 0.05) is 25.4 Å². The molecule has 0 saturated carbocycles. The van der Waals surface area contributed by atoms with E-state index in [0.717, 1.165) is 0 Å². The fraction of sp³-hybridized carbons (Fsp3) is 0.778. The van der Waals surface area contributed by atoms with Crippen LogP contribution >= 0.6 is 0 Å². The summed E-state index contributed by atoms with van der Waals surface area (Å²) in [7, 11) is 0. The topological polar surface area (TPSA) is 170 Å². The van der Waals surface area contributed by atoms with Crippen molar-refractivity contribution in [2.45, 2.75) is 57.4 Å². The first kappa shape index (κ1) is 23.7. The van der Waals surface area contributed by atoms with Crippen LogP contribution in [-0.2, 0) is 14.4 Å². The van der Waals surface area contributed by atoms with Gasteiger partial charge in [0.1, 0.15) is 0 Å². The molecule has 0 aromatic heterocycles. The van der Waals surface area contributed by atoms with E-state index in [1.54, 1.807) is 4.90 Å². The molecule has 0 bridgehead atoms. The van der Waals surface area contributed by atoms with E-state index < -0.39 is 23.9 Å². The van der Waals surface area contributed by atoms with Crippen LogP contribution in [0, 0.1) is 11.8 Å². The molecule has 160 valence electrons. The Hall–Kier alpha value is -2.36. The summed E-state index contributed by atoms with van der Waals surface area (Å²) in [5, 5.41) is 30.1. The minimum absolute atomic E-state index is 0.00573. The van der Waals surface area contributed by atoms with Gasteiger partial charge in [-0.25, -0.2) is 4.79 Å². The van der Waals surface area contributed by atoms with Crippen LogP contribution in [0.25, 0.3) is 0 Å². The van der Waals surface area contributed by atoms with Crippen LogP contribution in [0.3, 0.4) is 0 Å². The zero-order chi connectivity index (χ0) is 21.1. The second-order valence-corrected chi connectivity index (χ2v) is 7.54. The van der Waals surface area contributed by atoms with Gasteiger partial charge < -0.3 is 26.4 Å². The molecule has 1 heterocycles. The largest absolute Gasteiger partial charge is 0.481 e. The first-order chi connectivity index (χ1) is 13.2.